The lowest BCUT2D eigenvalue weighted by atomic mass is 10.2. The lowest BCUT2D eigenvalue weighted by Gasteiger charge is -2.13. The van der Waals surface area contributed by atoms with E-state index in [1.807, 2.05) is 0 Å². The minimum Gasteiger partial charge on any atom is -0.354 e. The zero-order valence-electron chi connectivity index (χ0n) is 11.2. The van der Waals surface area contributed by atoms with Crippen LogP contribution < -0.4 is 0 Å². The molecule has 0 amide bonds. The molecule has 6 nitrogen and oxygen atoms in total. The zero-order chi connectivity index (χ0) is 14.4. The van der Waals surface area contributed by atoms with Gasteiger partial charge in [-0.25, -0.2) is 9.07 Å². The van der Waals surface area contributed by atoms with E-state index >= 15 is 0 Å². The van der Waals surface area contributed by atoms with Crippen molar-refractivity contribution in [2.45, 2.75) is 23.7 Å². The van der Waals surface area contributed by atoms with Crippen LogP contribution in [0.5, 0.6) is 0 Å². The molecule has 20 heavy (non-hydrogen) atoms. The first-order chi connectivity index (χ1) is 9.72. The van der Waals surface area contributed by atoms with Crippen molar-refractivity contribution in [2.24, 2.45) is 0 Å². The number of ether oxygens (including phenoxy) is 2. The summed E-state index contributed by atoms with van der Waals surface area (Å²) in [6.45, 7) is 0.408. The molecule has 0 unspecified atom stereocenters. The molecular formula is C12H15FN4O2S. The molecule has 2 aromatic rings. The van der Waals surface area contributed by atoms with Crippen LogP contribution in [-0.4, -0.2) is 40.7 Å². The summed E-state index contributed by atoms with van der Waals surface area (Å²) in [6, 6.07) is 6.35. The molecule has 2 rings (SSSR count). The largest absolute Gasteiger partial charge is 0.354 e. The predicted molar refractivity (Wildman–Crippen MR) is 71.6 cm³/mol. The van der Waals surface area contributed by atoms with Crippen molar-refractivity contribution in [3.63, 3.8) is 0 Å². The van der Waals surface area contributed by atoms with Crippen LogP contribution in [0.2, 0.25) is 0 Å². The van der Waals surface area contributed by atoms with Crippen LogP contribution in [0.4, 0.5) is 4.39 Å². The maximum Gasteiger partial charge on any atom is 0.209 e. The molecule has 8 heteroatoms. The summed E-state index contributed by atoms with van der Waals surface area (Å²) >= 11 is 1.47. The first kappa shape index (κ1) is 14.9. The summed E-state index contributed by atoms with van der Waals surface area (Å²) in [5.41, 5.74) is 1.00. The first-order valence-corrected chi connectivity index (χ1v) is 6.90. The summed E-state index contributed by atoms with van der Waals surface area (Å²) in [5.74, 6) is 0.414. The van der Waals surface area contributed by atoms with Crippen molar-refractivity contribution in [1.29, 1.82) is 0 Å². The van der Waals surface area contributed by atoms with E-state index < -0.39 is 6.29 Å². The van der Waals surface area contributed by atoms with Gasteiger partial charge in [-0.15, -0.1) is 5.10 Å². The van der Waals surface area contributed by atoms with E-state index in [2.05, 4.69) is 15.5 Å². The lowest BCUT2D eigenvalue weighted by molar-refractivity contribution is -0.113. The third kappa shape index (κ3) is 3.99. The molecule has 108 valence electrons. The fraction of sp³-hybridized carbons (Fsp3) is 0.417. The van der Waals surface area contributed by atoms with Crippen molar-refractivity contribution < 1.29 is 13.9 Å². The number of halogens is 1. The number of tetrazole rings is 1. The Morgan fingerprint density at radius 1 is 1.25 bits per heavy atom. The van der Waals surface area contributed by atoms with Crippen molar-refractivity contribution >= 4 is 11.8 Å². The van der Waals surface area contributed by atoms with E-state index in [-0.39, 0.29) is 5.82 Å². The van der Waals surface area contributed by atoms with Crippen molar-refractivity contribution in [3.8, 4) is 0 Å². The lowest BCUT2D eigenvalue weighted by Crippen LogP contribution is -2.21. The summed E-state index contributed by atoms with van der Waals surface area (Å²) in [6.07, 6.45) is -0.399. The third-order valence-electron chi connectivity index (χ3n) is 2.63. The highest BCUT2D eigenvalue weighted by Gasteiger charge is 2.13. The van der Waals surface area contributed by atoms with Gasteiger partial charge in [-0.3, -0.25) is 0 Å². The van der Waals surface area contributed by atoms with Gasteiger partial charge in [0.15, 0.2) is 6.29 Å². The molecule has 0 N–H and O–H groups in total. The van der Waals surface area contributed by atoms with Crippen LogP contribution in [0.25, 0.3) is 0 Å². The van der Waals surface area contributed by atoms with E-state index in [0.29, 0.717) is 17.5 Å². The molecule has 1 aromatic heterocycles. The minimum absolute atomic E-state index is 0.244. The highest BCUT2D eigenvalue weighted by Crippen LogP contribution is 2.20. The summed E-state index contributed by atoms with van der Waals surface area (Å²) < 4.78 is 24.7. The molecule has 0 fully saturated rings. The van der Waals surface area contributed by atoms with Crippen LogP contribution in [0.1, 0.15) is 5.56 Å². The molecule has 0 saturated heterocycles. The van der Waals surface area contributed by atoms with Gasteiger partial charge in [0.2, 0.25) is 5.16 Å². The molecule has 0 radical (unpaired) electrons. The second-order valence-corrected chi connectivity index (χ2v) is 4.90. The fourth-order valence-electron chi connectivity index (χ4n) is 1.53. The SMILES string of the molecule is COC(Cn1nnnc1SCc1ccc(F)cc1)OC. The highest BCUT2D eigenvalue weighted by atomic mass is 32.2. The van der Waals surface area contributed by atoms with E-state index in [9.17, 15) is 4.39 Å². The van der Waals surface area contributed by atoms with Gasteiger partial charge in [0, 0.05) is 20.0 Å². The molecule has 0 atom stereocenters. The normalized spacial score (nSPS) is 11.2. The average Bonchev–Trinajstić information content (AvgIpc) is 2.91. The van der Waals surface area contributed by atoms with Crippen molar-refractivity contribution in [1.82, 2.24) is 20.2 Å². The Kier molecular flexibility index (Phi) is 5.45. The van der Waals surface area contributed by atoms with Gasteiger partial charge in [0.1, 0.15) is 5.82 Å². The second-order valence-electron chi connectivity index (χ2n) is 3.96. The molecule has 0 aliphatic heterocycles. The molecule has 0 aliphatic carbocycles. The molecular weight excluding hydrogens is 283 g/mol. The topological polar surface area (TPSA) is 62.1 Å². The monoisotopic (exact) mass is 298 g/mol. The highest BCUT2D eigenvalue weighted by molar-refractivity contribution is 7.98. The Hall–Kier alpha value is -1.51. The average molecular weight is 298 g/mol. The Morgan fingerprint density at radius 3 is 2.60 bits per heavy atom. The summed E-state index contributed by atoms with van der Waals surface area (Å²) in [7, 11) is 3.12. The Balaban J connectivity index is 1.96. The number of hydrogen-bond acceptors (Lipinski definition) is 6. The molecule has 0 aliphatic rings. The van der Waals surface area contributed by atoms with Gasteiger partial charge in [-0.1, -0.05) is 23.9 Å². The Labute approximate surface area is 120 Å². The summed E-state index contributed by atoms with van der Waals surface area (Å²) in [4.78, 5) is 0. The number of aromatic nitrogens is 4. The van der Waals surface area contributed by atoms with Gasteiger partial charge in [0.05, 0.1) is 6.54 Å². The van der Waals surface area contributed by atoms with Crippen LogP contribution in [0, 0.1) is 5.82 Å². The maximum absolute atomic E-state index is 12.8. The molecule has 0 spiro atoms. The molecule has 1 heterocycles. The summed E-state index contributed by atoms with van der Waals surface area (Å²) in [5, 5.41) is 12.1. The zero-order valence-corrected chi connectivity index (χ0v) is 12.0. The van der Waals surface area contributed by atoms with E-state index in [1.54, 1.807) is 31.0 Å². The number of methoxy groups -OCH3 is 2. The van der Waals surface area contributed by atoms with E-state index in [1.165, 1.54) is 23.9 Å². The van der Waals surface area contributed by atoms with Crippen LogP contribution >= 0.6 is 11.8 Å². The maximum atomic E-state index is 12.8. The second kappa shape index (κ2) is 7.32. The van der Waals surface area contributed by atoms with Gasteiger partial charge in [-0.05, 0) is 28.1 Å². The Bertz CT molecular complexity index is 531. The number of benzene rings is 1. The molecule has 0 bridgehead atoms. The standard InChI is InChI=1S/C12H15FN4O2S/c1-18-11(19-2)7-17-12(14-15-16-17)20-8-9-3-5-10(13)6-4-9/h3-6,11H,7-8H2,1-2H3. The van der Waals surface area contributed by atoms with Crippen molar-refractivity contribution in [2.75, 3.05) is 14.2 Å². The van der Waals surface area contributed by atoms with Crippen LogP contribution in [0.3, 0.4) is 0 Å². The van der Waals surface area contributed by atoms with Crippen LogP contribution in [-0.2, 0) is 21.8 Å². The van der Waals surface area contributed by atoms with Gasteiger partial charge in [0.25, 0.3) is 0 Å². The quantitative estimate of drug-likeness (QED) is 0.573. The Morgan fingerprint density at radius 2 is 1.95 bits per heavy atom. The predicted octanol–water partition coefficient (Wildman–Crippen LogP) is 1.72. The number of thioether (sulfide) groups is 1. The first-order valence-electron chi connectivity index (χ1n) is 5.92. The third-order valence-corrected chi connectivity index (χ3v) is 3.66. The number of rotatable bonds is 7. The minimum atomic E-state index is -0.399. The molecule has 0 saturated carbocycles. The van der Waals surface area contributed by atoms with E-state index in [4.69, 9.17) is 9.47 Å². The number of nitrogens with zero attached hydrogens (tertiary/aromatic N) is 4. The van der Waals surface area contributed by atoms with E-state index in [0.717, 1.165) is 5.56 Å². The smallest absolute Gasteiger partial charge is 0.209 e. The van der Waals surface area contributed by atoms with Gasteiger partial charge in [-0.2, -0.15) is 0 Å². The van der Waals surface area contributed by atoms with Gasteiger partial charge >= 0.3 is 0 Å². The van der Waals surface area contributed by atoms with Crippen molar-refractivity contribution in [3.05, 3.63) is 35.6 Å². The van der Waals surface area contributed by atoms with Gasteiger partial charge < -0.3 is 9.47 Å². The van der Waals surface area contributed by atoms with Crippen LogP contribution in [0.15, 0.2) is 29.4 Å². The number of hydrogen-bond donors (Lipinski definition) is 0. The fourth-order valence-corrected chi connectivity index (χ4v) is 2.37. The molecule has 1 aromatic carbocycles.